The third-order valence-corrected chi connectivity index (χ3v) is 5.95. The van der Waals surface area contributed by atoms with Crippen molar-refractivity contribution < 1.29 is 13.2 Å². The fraction of sp³-hybridized carbons (Fsp3) is 0.350. The van der Waals surface area contributed by atoms with Gasteiger partial charge in [0.15, 0.2) is 0 Å². The highest BCUT2D eigenvalue weighted by molar-refractivity contribution is 7.89. The number of nitrogens with one attached hydrogen (secondary N) is 1. The summed E-state index contributed by atoms with van der Waals surface area (Å²) in [5.41, 5.74) is 2.81. The topological polar surface area (TPSA) is 66.5 Å². The van der Waals surface area contributed by atoms with Gasteiger partial charge in [0.05, 0.1) is 11.4 Å². The molecular weight excluding hydrogens is 348 g/mol. The molecule has 0 aromatic heterocycles. The zero-order chi connectivity index (χ0) is 19.5. The van der Waals surface area contributed by atoms with Gasteiger partial charge in [-0.3, -0.25) is 4.79 Å². The van der Waals surface area contributed by atoms with Crippen molar-refractivity contribution in [2.24, 2.45) is 0 Å². The van der Waals surface area contributed by atoms with Gasteiger partial charge >= 0.3 is 0 Å². The van der Waals surface area contributed by atoms with E-state index in [0.29, 0.717) is 5.69 Å². The normalized spacial score (nSPS) is 12.2. The Balaban J connectivity index is 2.03. The first-order valence-electron chi connectivity index (χ1n) is 8.43. The highest BCUT2D eigenvalue weighted by Crippen LogP contribution is 2.23. The fourth-order valence-corrected chi connectivity index (χ4v) is 3.56. The second-order valence-electron chi connectivity index (χ2n) is 7.45. The summed E-state index contributed by atoms with van der Waals surface area (Å²) in [6, 6.07) is 14.1. The molecule has 0 saturated carbocycles. The molecule has 0 heterocycles. The molecule has 0 unspecified atom stereocenters. The molecule has 0 radical (unpaired) electrons. The Bertz CT molecular complexity index is 865. The van der Waals surface area contributed by atoms with Gasteiger partial charge in [0.2, 0.25) is 15.9 Å². The maximum atomic E-state index is 12.5. The number of hydrogen-bond donors (Lipinski definition) is 1. The standard InChI is InChI=1S/C20H26N2O3S/c1-15-6-12-18(13-7-15)26(24,25)22(5)14-19(23)21-17-10-8-16(9-11-17)20(2,3)4/h6-13H,14H2,1-5H3,(H,21,23). The third-order valence-electron chi connectivity index (χ3n) is 4.13. The van der Waals surface area contributed by atoms with Crippen molar-refractivity contribution in [2.45, 2.75) is 38.0 Å². The molecule has 1 amide bonds. The van der Waals surface area contributed by atoms with Crippen LogP contribution in [-0.4, -0.2) is 32.2 Å². The van der Waals surface area contributed by atoms with E-state index in [1.165, 1.54) is 7.05 Å². The second kappa shape index (κ2) is 7.60. The summed E-state index contributed by atoms with van der Waals surface area (Å²) in [6.45, 7) is 7.98. The minimum atomic E-state index is -3.70. The molecule has 0 aliphatic heterocycles. The number of likely N-dealkylation sites (N-methyl/N-ethyl adjacent to an activating group) is 1. The number of sulfonamides is 1. The van der Waals surface area contributed by atoms with Crippen LogP contribution in [0.1, 0.15) is 31.9 Å². The van der Waals surface area contributed by atoms with Gasteiger partial charge in [0.25, 0.3) is 0 Å². The van der Waals surface area contributed by atoms with Gasteiger partial charge in [-0.1, -0.05) is 50.6 Å². The maximum Gasteiger partial charge on any atom is 0.243 e. The van der Waals surface area contributed by atoms with Gasteiger partial charge in [-0.15, -0.1) is 0 Å². The molecule has 0 bridgehead atoms. The lowest BCUT2D eigenvalue weighted by Crippen LogP contribution is -2.35. The first-order chi connectivity index (χ1) is 12.0. The van der Waals surface area contributed by atoms with E-state index in [4.69, 9.17) is 0 Å². The molecule has 0 fully saturated rings. The van der Waals surface area contributed by atoms with Crippen molar-refractivity contribution in [2.75, 3.05) is 18.9 Å². The Morgan fingerprint density at radius 2 is 1.54 bits per heavy atom. The summed E-state index contributed by atoms with van der Waals surface area (Å²) in [5, 5.41) is 2.74. The van der Waals surface area contributed by atoms with E-state index < -0.39 is 10.0 Å². The summed E-state index contributed by atoms with van der Waals surface area (Å²) in [5.74, 6) is -0.383. The molecule has 26 heavy (non-hydrogen) atoms. The molecule has 2 aromatic carbocycles. The van der Waals surface area contributed by atoms with Gasteiger partial charge in [0.1, 0.15) is 0 Å². The predicted octanol–water partition coefficient (Wildman–Crippen LogP) is 3.55. The van der Waals surface area contributed by atoms with Gasteiger partial charge < -0.3 is 5.32 Å². The summed E-state index contributed by atoms with van der Waals surface area (Å²) >= 11 is 0. The zero-order valence-electron chi connectivity index (χ0n) is 15.9. The van der Waals surface area contributed by atoms with Crippen molar-refractivity contribution in [1.29, 1.82) is 0 Å². The number of anilines is 1. The molecule has 2 rings (SSSR count). The number of rotatable bonds is 5. The van der Waals surface area contributed by atoms with Gasteiger partial charge in [0, 0.05) is 12.7 Å². The Kier molecular flexibility index (Phi) is 5.88. The van der Waals surface area contributed by atoms with E-state index in [9.17, 15) is 13.2 Å². The Hall–Kier alpha value is -2.18. The molecule has 140 valence electrons. The molecular formula is C20H26N2O3S. The molecule has 0 saturated heterocycles. The first kappa shape index (κ1) is 20.1. The highest BCUT2D eigenvalue weighted by atomic mass is 32.2. The smallest absolute Gasteiger partial charge is 0.243 e. The average molecular weight is 375 g/mol. The van der Waals surface area contributed by atoms with E-state index in [2.05, 4.69) is 26.1 Å². The Morgan fingerprint density at radius 3 is 2.04 bits per heavy atom. The van der Waals surface area contributed by atoms with Gasteiger partial charge in [-0.05, 0) is 42.2 Å². The van der Waals surface area contributed by atoms with Crippen LogP contribution in [0.4, 0.5) is 5.69 Å². The second-order valence-corrected chi connectivity index (χ2v) is 9.49. The molecule has 2 aromatic rings. The molecule has 6 heteroatoms. The number of nitrogens with zero attached hydrogens (tertiary/aromatic N) is 1. The van der Waals surface area contributed by atoms with E-state index in [1.54, 1.807) is 24.3 Å². The summed E-state index contributed by atoms with van der Waals surface area (Å²) in [7, 11) is -2.30. The molecule has 0 aliphatic carbocycles. The van der Waals surface area contributed by atoms with Crippen LogP contribution in [0.3, 0.4) is 0 Å². The minimum absolute atomic E-state index is 0.0326. The fourth-order valence-electron chi connectivity index (χ4n) is 2.43. The van der Waals surface area contributed by atoms with Crippen LogP contribution in [0.15, 0.2) is 53.4 Å². The Labute approximate surface area is 156 Å². The largest absolute Gasteiger partial charge is 0.325 e. The Morgan fingerprint density at radius 1 is 1.00 bits per heavy atom. The van der Waals surface area contributed by atoms with Crippen molar-refractivity contribution in [3.63, 3.8) is 0 Å². The lowest BCUT2D eigenvalue weighted by Gasteiger charge is -2.20. The van der Waals surface area contributed by atoms with E-state index in [-0.39, 0.29) is 22.8 Å². The number of hydrogen-bond acceptors (Lipinski definition) is 3. The van der Waals surface area contributed by atoms with Crippen molar-refractivity contribution in [1.82, 2.24) is 4.31 Å². The van der Waals surface area contributed by atoms with Crippen LogP contribution >= 0.6 is 0 Å². The van der Waals surface area contributed by atoms with Crippen molar-refractivity contribution in [3.8, 4) is 0 Å². The van der Waals surface area contributed by atoms with Crippen LogP contribution < -0.4 is 5.32 Å². The molecule has 1 N–H and O–H groups in total. The summed E-state index contributed by atoms with van der Waals surface area (Å²) < 4.78 is 26.1. The quantitative estimate of drug-likeness (QED) is 0.870. The molecule has 0 aliphatic rings. The lowest BCUT2D eigenvalue weighted by atomic mass is 9.87. The van der Waals surface area contributed by atoms with E-state index >= 15 is 0 Å². The monoisotopic (exact) mass is 374 g/mol. The zero-order valence-corrected chi connectivity index (χ0v) is 16.7. The number of aryl methyl sites for hydroxylation is 1. The lowest BCUT2D eigenvalue weighted by molar-refractivity contribution is -0.116. The van der Waals surface area contributed by atoms with Crippen LogP contribution in [-0.2, 0) is 20.2 Å². The minimum Gasteiger partial charge on any atom is -0.325 e. The number of benzene rings is 2. The van der Waals surface area contributed by atoms with E-state index in [1.807, 2.05) is 31.2 Å². The summed E-state index contributed by atoms with van der Waals surface area (Å²) in [4.78, 5) is 12.4. The maximum absolute atomic E-state index is 12.5. The first-order valence-corrected chi connectivity index (χ1v) is 9.87. The summed E-state index contributed by atoms with van der Waals surface area (Å²) in [6.07, 6.45) is 0. The molecule has 5 nitrogen and oxygen atoms in total. The highest BCUT2D eigenvalue weighted by Gasteiger charge is 2.23. The SMILES string of the molecule is Cc1ccc(S(=O)(=O)N(C)CC(=O)Nc2ccc(C(C)(C)C)cc2)cc1. The molecule has 0 atom stereocenters. The van der Waals surface area contributed by atoms with Crippen LogP contribution in [0.5, 0.6) is 0 Å². The van der Waals surface area contributed by atoms with Crippen LogP contribution in [0.25, 0.3) is 0 Å². The van der Waals surface area contributed by atoms with Gasteiger partial charge in [-0.2, -0.15) is 4.31 Å². The van der Waals surface area contributed by atoms with Crippen molar-refractivity contribution in [3.05, 3.63) is 59.7 Å². The average Bonchev–Trinajstić information content (AvgIpc) is 2.54. The number of carbonyl (C=O) groups is 1. The van der Waals surface area contributed by atoms with Crippen LogP contribution in [0, 0.1) is 6.92 Å². The third kappa shape index (κ3) is 4.93. The van der Waals surface area contributed by atoms with Crippen molar-refractivity contribution >= 4 is 21.6 Å². The number of carbonyl (C=O) groups excluding carboxylic acids is 1. The van der Waals surface area contributed by atoms with Gasteiger partial charge in [-0.25, -0.2) is 8.42 Å². The number of amides is 1. The van der Waals surface area contributed by atoms with E-state index in [0.717, 1.165) is 15.4 Å². The predicted molar refractivity (Wildman–Crippen MR) is 105 cm³/mol. The molecule has 0 spiro atoms. The van der Waals surface area contributed by atoms with Crippen LogP contribution in [0.2, 0.25) is 0 Å².